The van der Waals surface area contributed by atoms with Gasteiger partial charge in [-0.05, 0) is 23.6 Å². The quantitative estimate of drug-likeness (QED) is 0.548. The Labute approximate surface area is 159 Å². The molecule has 3 aromatic carbocycles. The van der Waals surface area contributed by atoms with Crippen LogP contribution in [0.2, 0.25) is 0 Å². The second-order valence-corrected chi connectivity index (χ2v) is 6.64. The van der Waals surface area contributed by atoms with E-state index in [1.807, 2.05) is 29.8 Å². The van der Waals surface area contributed by atoms with Crippen LogP contribution in [0.15, 0.2) is 97.3 Å². The van der Waals surface area contributed by atoms with Gasteiger partial charge in [0.15, 0.2) is 5.82 Å². The zero-order valence-electron chi connectivity index (χ0n) is 15.2. The van der Waals surface area contributed by atoms with Crippen molar-refractivity contribution < 1.29 is 0 Å². The highest BCUT2D eigenvalue weighted by Crippen LogP contribution is 2.40. The summed E-state index contributed by atoms with van der Waals surface area (Å²) < 4.78 is 1.94. The molecule has 0 saturated carbocycles. The van der Waals surface area contributed by atoms with Crippen LogP contribution in [0, 0.1) is 0 Å². The maximum absolute atomic E-state index is 6.05. The summed E-state index contributed by atoms with van der Waals surface area (Å²) >= 11 is 0. The molecular formula is C23H22N4. The Morgan fingerprint density at radius 2 is 1.15 bits per heavy atom. The molecule has 0 aliphatic heterocycles. The van der Waals surface area contributed by atoms with Crippen LogP contribution in [0.4, 0.5) is 0 Å². The number of nitrogens with zero attached hydrogens (tertiary/aromatic N) is 3. The van der Waals surface area contributed by atoms with Gasteiger partial charge in [0.05, 0.1) is 6.04 Å². The van der Waals surface area contributed by atoms with Crippen molar-refractivity contribution in [3.05, 3.63) is 120 Å². The molecule has 4 aromatic rings. The first-order chi connectivity index (χ1) is 13.2. The van der Waals surface area contributed by atoms with E-state index in [9.17, 15) is 0 Å². The summed E-state index contributed by atoms with van der Waals surface area (Å²) in [5.41, 5.74) is 8.76. The monoisotopic (exact) mass is 354 g/mol. The van der Waals surface area contributed by atoms with Crippen molar-refractivity contribution in [1.82, 2.24) is 14.8 Å². The Hall–Kier alpha value is -3.24. The first kappa shape index (κ1) is 17.2. The van der Waals surface area contributed by atoms with E-state index in [0.29, 0.717) is 5.82 Å². The molecule has 1 heterocycles. The normalized spacial score (nSPS) is 12.7. The van der Waals surface area contributed by atoms with Crippen molar-refractivity contribution in [1.29, 1.82) is 0 Å². The SMILES string of the molecule is CC(N)c1ncn(C(c2ccccc2)(c2ccccc2)c2ccccc2)n1. The summed E-state index contributed by atoms with van der Waals surface area (Å²) in [6.07, 6.45) is 1.78. The van der Waals surface area contributed by atoms with Crippen molar-refractivity contribution in [2.24, 2.45) is 5.73 Å². The Kier molecular flexibility index (Phi) is 4.57. The molecule has 0 amide bonds. The van der Waals surface area contributed by atoms with Gasteiger partial charge < -0.3 is 5.73 Å². The summed E-state index contributed by atoms with van der Waals surface area (Å²) in [7, 11) is 0. The van der Waals surface area contributed by atoms with Crippen LogP contribution in [0.5, 0.6) is 0 Å². The molecule has 2 N–H and O–H groups in total. The predicted octanol–water partition coefficient (Wildman–Crippen LogP) is 4.14. The molecule has 4 heteroatoms. The molecular weight excluding hydrogens is 332 g/mol. The van der Waals surface area contributed by atoms with E-state index in [1.165, 1.54) is 0 Å². The van der Waals surface area contributed by atoms with Gasteiger partial charge in [-0.25, -0.2) is 9.67 Å². The van der Waals surface area contributed by atoms with E-state index in [4.69, 9.17) is 10.8 Å². The van der Waals surface area contributed by atoms with Gasteiger partial charge in [0.1, 0.15) is 11.9 Å². The molecule has 1 aromatic heterocycles. The highest BCUT2D eigenvalue weighted by atomic mass is 15.4. The molecule has 0 aliphatic carbocycles. The Bertz CT molecular complexity index is 896. The predicted molar refractivity (Wildman–Crippen MR) is 107 cm³/mol. The summed E-state index contributed by atoms with van der Waals surface area (Å²) in [4.78, 5) is 4.48. The number of aromatic nitrogens is 3. The lowest BCUT2D eigenvalue weighted by Crippen LogP contribution is -2.38. The molecule has 0 fully saturated rings. The Balaban J connectivity index is 2.09. The topological polar surface area (TPSA) is 56.7 Å². The van der Waals surface area contributed by atoms with Crippen LogP contribution < -0.4 is 5.73 Å². The van der Waals surface area contributed by atoms with Crippen molar-refractivity contribution in [2.75, 3.05) is 0 Å². The van der Waals surface area contributed by atoms with Gasteiger partial charge in [0, 0.05) is 0 Å². The number of hydrogen-bond acceptors (Lipinski definition) is 3. The van der Waals surface area contributed by atoms with E-state index in [2.05, 4.69) is 77.8 Å². The lowest BCUT2D eigenvalue weighted by Gasteiger charge is -2.35. The van der Waals surface area contributed by atoms with Crippen molar-refractivity contribution in [3.63, 3.8) is 0 Å². The van der Waals surface area contributed by atoms with Gasteiger partial charge in [-0.3, -0.25) is 0 Å². The van der Waals surface area contributed by atoms with E-state index >= 15 is 0 Å². The smallest absolute Gasteiger partial charge is 0.167 e. The standard InChI is InChI=1S/C23H22N4/c1-18(24)22-25-17-27(26-22)23(19-11-5-2-6-12-19,20-13-7-3-8-14-20)21-15-9-4-10-16-21/h2-18H,24H2,1H3. The minimum absolute atomic E-state index is 0.230. The number of benzene rings is 3. The van der Waals surface area contributed by atoms with Crippen molar-refractivity contribution in [3.8, 4) is 0 Å². The van der Waals surface area contributed by atoms with Crippen LogP contribution in [0.1, 0.15) is 35.5 Å². The maximum Gasteiger partial charge on any atom is 0.167 e. The molecule has 0 aliphatic rings. The Morgan fingerprint density at radius 1 is 0.741 bits per heavy atom. The molecule has 0 radical (unpaired) electrons. The third-order valence-corrected chi connectivity index (χ3v) is 4.84. The number of rotatable bonds is 5. The largest absolute Gasteiger partial charge is 0.321 e. The van der Waals surface area contributed by atoms with Gasteiger partial charge >= 0.3 is 0 Å². The van der Waals surface area contributed by atoms with E-state index in [1.54, 1.807) is 6.33 Å². The minimum Gasteiger partial charge on any atom is -0.321 e. The van der Waals surface area contributed by atoms with E-state index in [0.717, 1.165) is 16.7 Å². The third kappa shape index (κ3) is 2.94. The number of nitrogens with two attached hydrogens (primary N) is 1. The molecule has 1 unspecified atom stereocenters. The van der Waals surface area contributed by atoms with Crippen LogP contribution in [-0.2, 0) is 5.54 Å². The van der Waals surface area contributed by atoms with Gasteiger partial charge in [0.25, 0.3) is 0 Å². The van der Waals surface area contributed by atoms with Crippen LogP contribution >= 0.6 is 0 Å². The average Bonchev–Trinajstić information content (AvgIpc) is 3.22. The first-order valence-corrected chi connectivity index (χ1v) is 9.07. The van der Waals surface area contributed by atoms with Crippen LogP contribution in [0.3, 0.4) is 0 Å². The average molecular weight is 354 g/mol. The van der Waals surface area contributed by atoms with Crippen LogP contribution in [0.25, 0.3) is 0 Å². The van der Waals surface area contributed by atoms with E-state index < -0.39 is 5.54 Å². The molecule has 0 spiro atoms. The van der Waals surface area contributed by atoms with E-state index in [-0.39, 0.29) is 6.04 Å². The van der Waals surface area contributed by atoms with Gasteiger partial charge in [0.2, 0.25) is 0 Å². The van der Waals surface area contributed by atoms with Crippen LogP contribution in [-0.4, -0.2) is 14.8 Å². The fourth-order valence-corrected chi connectivity index (χ4v) is 3.58. The molecule has 1 atom stereocenters. The molecule has 4 nitrogen and oxygen atoms in total. The molecule has 27 heavy (non-hydrogen) atoms. The summed E-state index contributed by atoms with van der Waals surface area (Å²) in [5, 5.41) is 4.79. The summed E-state index contributed by atoms with van der Waals surface area (Å²) in [5.74, 6) is 0.627. The minimum atomic E-state index is -0.635. The first-order valence-electron chi connectivity index (χ1n) is 9.07. The summed E-state index contributed by atoms with van der Waals surface area (Å²) in [6.45, 7) is 1.90. The Morgan fingerprint density at radius 3 is 1.48 bits per heavy atom. The highest BCUT2D eigenvalue weighted by molar-refractivity contribution is 5.50. The molecule has 0 bridgehead atoms. The highest BCUT2D eigenvalue weighted by Gasteiger charge is 2.39. The second-order valence-electron chi connectivity index (χ2n) is 6.64. The molecule has 4 rings (SSSR count). The second kappa shape index (κ2) is 7.17. The zero-order chi connectivity index (χ0) is 18.7. The number of hydrogen-bond donors (Lipinski definition) is 1. The lowest BCUT2D eigenvalue weighted by atomic mass is 9.77. The van der Waals surface area contributed by atoms with Crippen molar-refractivity contribution >= 4 is 0 Å². The lowest BCUT2D eigenvalue weighted by molar-refractivity contribution is 0.453. The third-order valence-electron chi connectivity index (χ3n) is 4.84. The van der Waals surface area contributed by atoms with Crippen molar-refractivity contribution in [2.45, 2.75) is 18.5 Å². The fraction of sp³-hybridized carbons (Fsp3) is 0.130. The molecule has 0 saturated heterocycles. The zero-order valence-corrected chi connectivity index (χ0v) is 15.2. The summed E-state index contributed by atoms with van der Waals surface area (Å²) in [6, 6.07) is 31.0. The fourth-order valence-electron chi connectivity index (χ4n) is 3.58. The van der Waals surface area contributed by atoms with Gasteiger partial charge in [-0.1, -0.05) is 91.0 Å². The van der Waals surface area contributed by atoms with Gasteiger partial charge in [-0.2, -0.15) is 5.10 Å². The molecule has 134 valence electrons. The van der Waals surface area contributed by atoms with Gasteiger partial charge in [-0.15, -0.1) is 0 Å². The maximum atomic E-state index is 6.05.